The topological polar surface area (TPSA) is 80.5 Å². The van der Waals surface area contributed by atoms with Gasteiger partial charge in [-0.25, -0.2) is 8.42 Å². The summed E-state index contributed by atoms with van der Waals surface area (Å²) in [5, 5.41) is 0. The van der Waals surface area contributed by atoms with Crippen LogP contribution in [0, 0.1) is 0 Å². The number of halogens is 1. The van der Waals surface area contributed by atoms with Gasteiger partial charge in [-0.2, -0.15) is 0 Å². The van der Waals surface area contributed by atoms with Gasteiger partial charge in [0.05, 0.1) is 10.5 Å². The highest BCUT2D eigenvalue weighted by atomic mass is 79.9. The summed E-state index contributed by atoms with van der Waals surface area (Å²) >= 11 is 3.31. The molecule has 1 aromatic rings. The SMILES string of the molecule is CS(=O)(=O)c1ccc(Br)c(C(=O)N2CCCC(N)C2)c1. The average Bonchev–Trinajstić information content (AvgIpc) is 2.37. The molecule has 7 heteroatoms. The molecule has 1 aliphatic heterocycles. The molecule has 1 saturated heterocycles. The number of sulfone groups is 1. The van der Waals surface area contributed by atoms with Crippen LogP contribution in [0.1, 0.15) is 23.2 Å². The number of carbonyl (C=O) groups excluding carboxylic acids is 1. The number of hydrogen-bond donors (Lipinski definition) is 1. The fourth-order valence-corrected chi connectivity index (χ4v) is 3.33. The van der Waals surface area contributed by atoms with Gasteiger partial charge in [0, 0.05) is 29.9 Å². The van der Waals surface area contributed by atoms with E-state index in [1.54, 1.807) is 11.0 Å². The van der Waals surface area contributed by atoms with Gasteiger partial charge in [-0.15, -0.1) is 0 Å². The number of amides is 1. The Balaban J connectivity index is 2.34. The summed E-state index contributed by atoms with van der Waals surface area (Å²) in [6.45, 7) is 1.16. The van der Waals surface area contributed by atoms with Crippen molar-refractivity contribution in [3.8, 4) is 0 Å². The molecular formula is C13H17BrN2O3S. The molecule has 0 aromatic heterocycles. The zero-order chi connectivity index (χ0) is 14.9. The van der Waals surface area contributed by atoms with E-state index in [4.69, 9.17) is 5.73 Å². The third-order valence-corrected chi connectivity index (χ3v) is 5.14. The quantitative estimate of drug-likeness (QED) is 0.864. The monoisotopic (exact) mass is 360 g/mol. The summed E-state index contributed by atoms with van der Waals surface area (Å²) in [4.78, 5) is 14.3. The third kappa shape index (κ3) is 3.39. The van der Waals surface area contributed by atoms with Crippen molar-refractivity contribution in [3.63, 3.8) is 0 Å². The molecule has 20 heavy (non-hydrogen) atoms. The van der Waals surface area contributed by atoms with Crippen molar-refractivity contribution >= 4 is 31.7 Å². The van der Waals surface area contributed by atoms with E-state index in [1.807, 2.05) is 0 Å². The highest BCUT2D eigenvalue weighted by Gasteiger charge is 2.24. The number of nitrogens with two attached hydrogens (primary N) is 1. The van der Waals surface area contributed by atoms with Gasteiger partial charge in [-0.05, 0) is 47.0 Å². The van der Waals surface area contributed by atoms with Crippen molar-refractivity contribution in [1.29, 1.82) is 0 Å². The van der Waals surface area contributed by atoms with Gasteiger partial charge in [-0.3, -0.25) is 4.79 Å². The van der Waals surface area contributed by atoms with Crippen LogP contribution in [-0.2, 0) is 9.84 Å². The van der Waals surface area contributed by atoms with E-state index in [1.165, 1.54) is 12.1 Å². The van der Waals surface area contributed by atoms with Gasteiger partial charge in [0.25, 0.3) is 5.91 Å². The van der Waals surface area contributed by atoms with Crippen LogP contribution >= 0.6 is 15.9 Å². The largest absolute Gasteiger partial charge is 0.337 e. The molecule has 1 amide bonds. The van der Waals surface area contributed by atoms with Crippen LogP contribution in [0.15, 0.2) is 27.6 Å². The van der Waals surface area contributed by atoms with Gasteiger partial charge in [-0.1, -0.05) is 0 Å². The summed E-state index contributed by atoms with van der Waals surface area (Å²) in [6.07, 6.45) is 2.91. The Morgan fingerprint density at radius 2 is 2.15 bits per heavy atom. The summed E-state index contributed by atoms with van der Waals surface area (Å²) in [5.41, 5.74) is 6.24. The van der Waals surface area contributed by atoms with Crippen molar-refractivity contribution in [3.05, 3.63) is 28.2 Å². The minimum Gasteiger partial charge on any atom is -0.337 e. The highest BCUT2D eigenvalue weighted by molar-refractivity contribution is 9.10. The molecule has 0 aliphatic carbocycles. The Morgan fingerprint density at radius 1 is 1.45 bits per heavy atom. The summed E-state index contributed by atoms with van der Waals surface area (Å²) < 4.78 is 23.8. The molecule has 0 spiro atoms. The van der Waals surface area contributed by atoms with Crippen molar-refractivity contribution in [2.24, 2.45) is 5.73 Å². The van der Waals surface area contributed by atoms with E-state index >= 15 is 0 Å². The zero-order valence-electron chi connectivity index (χ0n) is 11.2. The second-order valence-electron chi connectivity index (χ2n) is 5.07. The maximum Gasteiger partial charge on any atom is 0.255 e. The lowest BCUT2D eigenvalue weighted by Gasteiger charge is -2.31. The maximum atomic E-state index is 12.5. The molecule has 1 unspecified atom stereocenters. The normalized spacial score (nSPS) is 19.9. The van der Waals surface area contributed by atoms with E-state index in [0.717, 1.165) is 19.1 Å². The Hall–Kier alpha value is -0.920. The number of benzene rings is 1. The highest BCUT2D eigenvalue weighted by Crippen LogP contribution is 2.23. The molecule has 0 radical (unpaired) electrons. The Morgan fingerprint density at radius 3 is 2.75 bits per heavy atom. The molecule has 1 heterocycles. The van der Waals surface area contributed by atoms with Crippen molar-refractivity contribution in [2.75, 3.05) is 19.3 Å². The fraction of sp³-hybridized carbons (Fsp3) is 0.462. The Kier molecular flexibility index (Phi) is 4.51. The molecule has 1 aromatic carbocycles. The molecule has 5 nitrogen and oxygen atoms in total. The number of hydrogen-bond acceptors (Lipinski definition) is 4. The van der Waals surface area contributed by atoms with Crippen LogP contribution in [0.2, 0.25) is 0 Å². The van der Waals surface area contributed by atoms with Crippen molar-refractivity contribution in [2.45, 2.75) is 23.8 Å². The second kappa shape index (κ2) is 5.83. The lowest BCUT2D eigenvalue weighted by Crippen LogP contribution is -2.45. The van der Waals surface area contributed by atoms with E-state index in [2.05, 4.69) is 15.9 Å². The van der Waals surface area contributed by atoms with E-state index in [0.29, 0.717) is 23.1 Å². The molecule has 2 N–H and O–H groups in total. The van der Waals surface area contributed by atoms with Gasteiger partial charge >= 0.3 is 0 Å². The van der Waals surface area contributed by atoms with Gasteiger partial charge < -0.3 is 10.6 Å². The van der Waals surface area contributed by atoms with Gasteiger partial charge in [0.15, 0.2) is 9.84 Å². The van der Waals surface area contributed by atoms with Crippen LogP contribution in [-0.4, -0.2) is 44.6 Å². The lowest BCUT2D eigenvalue weighted by molar-refractivity contribution is 0.0707. The summed E-state index contributed by atoms with van der Waals surface area (Å²) in [6, 6.07) is 4.48. The van der Waals surface area contributed by atoms with E-state index in [9.17, 15) is 13.2 Å². The average molecular weight is 361 g/mol. The first kappa shape index (κ1) is 15.5. The number of carbonyl (C=O) groups is 1. The smallest absolute Gasteiger partial charge is 0.255 e. The van der Waals surface area contributed by atoms with Crippen molar-refractivity contribution < 1.29 is 13.2 Å². The van der Waals surface area contributed by atoms with Crippen LogP contribution in [0.25, 0.3) is 0 Å². The summed E-state index contributed by atoms with van der Waals surface area (Å²) in [7, 11) is -3.33. The summed E-state index contributed by atoms with van der Waals surface area (Å²) in [5.74, 6) is -0.183. The van der Waals surface area contributed by atoms with Crippen LogP contribution in [0.4, 0.5) is 0 Å². The van der Waals surface area contributed by atoms with Crippen LogP contribution in [0.3, 0.4) is 0 Å². The second-order valence-corrected chi connectivity index (χ2v) is 7.94. The van der Waals surface area contributed by atoms with Crippen molar-refractivity contribution in [1.82, 2.24) is 4.90 Å². The molecule has 0 bridgehead atoms. The molecule has 1 aliphatic rings. The molecule has 1 atom stereocenters. The number of likely N-dealkylation sites (tertiary alicyclic amines) is 1. The first-order valence-corrected chi connectivity index (χ1v) is 9.02. The maximum absolute atomic E-state index is 12.5. The minimum atomic E-state index is -3.33. The minimum absolute atomic E-state index is 0.00966. The number of piperidine rings is 1. The lowest BCUT2D eigenvalue weighted by atomic mass is 10.1. The first-order valence-electron chi connectivity index (χ1n) is 6.33. The zero-order valence-corrected chi connectivity index (χ0v) is 13.6. The molecule has 1 fully saturated rings. The molecular weight excluding hydrogens is 344 g/mol. The molecule has 110 valence electrons. The van der Waals surface area contributed by atoms with Gasteiger partial charge in [0.2, 0.25) is 0 Å². The Bertz CT molecular complexity index is 631. The number of rotatable bonds is 2. The Labute approximate surface area is 127 Å². The van der Waals surface area contributed by atoms with Gasteiger partial charge in [0.1, 0.15) is 0 Å². The molecule has 2 rings (SSSR count). The van der Waals surface area contributed by atoms with E-state index < -0.39 is 9.84 Å². The predicted octanol–water partition coefficient (Wildman–Crippen LogP) is 1.42. The fourth-order valence-electron chi connectivity index (χ4n) is 2.26. The predicted molar refractivity (Wildman–Crippen MR) is 80.4 cm³/mol. The van der Waals surface area contributed by atoms with Crippen LogP contribution < -0.4 is 5.73 Å². The standard InChI is InChI=1S/C13H17BrN2O3S/c1-20(18,19)10-4-5-12(14)11(7-10)13(17)16-6-2-3-9(15)8-16/h4-5,7,9H,2-3,6,8,15H2,1H3. The number of nitrogens with zero attached hydrogens (tertiary/aromatic N) is 1. The third-order valence-electron chi connectivity index (χ3n) is 3.34. The molecule has 0 saturated carbocycles. The van der Waals surface area contributed by atoms with E-state index in [-0.39, 0.29) is 16.8 Å². The van der Waals surface area contributed by atoms with Crippen LogP contribution in [0.5, 0.6) is 0 Å². The first-order chi connectivity index (χ1) is 9.29.